The van der Waals surface area contributed by atoms with Gasteiger partial charge in [0.15, 0.2) is 0 Å². The molecule has 0 fully saturated rings. The van der Waals surface area contributed by atoms with E-state index in [0.29, 0.717) is 6.04 Å². The fourth-order valence-corrected chi connectivity index (χ4v) is 2.73. The molecule has 0 saturated carbocycles. The van der Waals surface area contributed by atoms with Crippen molar-refractivity contribution in [2.45, 2.75) is 33.2 Å². The molecule has 0 aromatic carbocycles. The van der Waals surface area contributed by atoms with Crippen molar-refractivity contribution >= 4 is 11.3 Å². The first-order valence-corrected chi connectivity index (χ1v) is 7.14. The molecule has 0 aliphatic heterocycles. The molecule has 96 valence electrons. The molecular formula is C14H19N3S. The molecule has 0 bridgehead atoms. The number of aryl methyl sites for hydroxylation is 2. The van der Waals surface area contributed by atoms with Crippen LogP contribution in [0.2, 0.25) is 0 Å². The van der Waals surface area contributed by atoms with Gasteiger partial charge in [-0.3, -0.25) is 4.98 Å². The number of hydrogen-bond acceptors (Lipinski definition) is 4. The molecule has 0 amide bonds. The highest BCUT2D eigenvalue weighted by molar-refractivity contribution is 7.09. The molecule has 0 aliphatic rings. The molecule has 1 unspecified atom stereocenters. The summed E-state index contributed by atoms with van der Waals surface area (Å²) in [4.78, 5) is 8.91. The van der Waals surface area contributed by atoms with Crippen LogP contribution in [-0.2, 0) is 6.42 Å². The van der Waals surface area contributed by atoms with E-state index < -0.39 is 0 Å². The maximum absolute atomic E-state index is 4.53. The summed E-state index contributed by atoms with van der Waals surface area (Å²) in [7, 11) is 0. The zero-order valence-corrected chi connectivity index (χ0v) is 11.9. The van der Waals surface area contributed by atoms with Crippen LogP contribution < -0.4 is 5.32 Å². The van der Waals surface area contributed by atoms with Gasteiger partial charge in [-0.25, -0.2) is 4.98 Å². The lowest BCUT2D eigenvalue weighted by Gasteiger charge is -2.16. The number of rotatable bonds is 5. The smallest absolute Gasteiger partial charge is 0.0947 e. The van der Waals surface area contributed by atoms with E-state index in [1.54, 1.807) is 11.3 Å². The van der Waals surface area contributed by atoms with Gasteiger partial charge in [0.2, 0.25) is 0 Å². The molecule has 2 aromatic heterocycles. The predicted molar refractivity (Wildman–Crippen MR) is 75.9 cm³/mol. The average Bonchev–Trinajstić information content (AvgIpc) is 2.75. The summed E-state index contributed by atoms with van der Waals surface area (Å²) < 4.78 is 0. The van der Waals surface area contributed by atoms with Crippen molar-refractivity contribution in [3.63, 3.8) is 0 Å². The Bertz CT molecular complexity index is 490. The fourth-order valence-electron chi connectivity index (χ4n) is 1.91. The van der Waals surface area contributed by atoms with Gasteiger partial charge in [0.05, 0.1) is 5.01 Å². The topological polar surface area (TPSA) is 37.8 Å². The first kappa shape index (κ1) is 13.2. The van der Waals surface area contributed by atoms with Crippen LogP contribution in [0.5, 0.6) is 0 Å². The van der Waals surface area contributed by atoms with Gasteiger partial charge in [0, 0.05) is 35.4 Å². The van der Waals surface area contributed by atoms with E-state index in [1.165, 1.54) is 10.6 Å². The van der Waals surface area contributed by atoms with Gasteiger partial charge in [-0.2, -0.15) is 0 Å². The minimum Gasteiger partial charge on any atom is -0.310 e. The molecule has 1 N–H and O–H groups in total. The van der Waals surface area contributed by atoms with E-state index in [-0.39, 0.29) is 0 Å². The molecule has 3 nitrogen and oxygen atoms in total. The third-order valence-electron chi connectivity index (χ3n) is 2.83. The largest absolute Gasteiger partial charge is 0.310 e. The number of hydrogen-bond donors (Lipinski definition) is 1. The van der Waals surface area contributed by atoms with E-state index in [9.17, 15) is 0 Å². The molecule has 2 heterocycles. The molecule has 2 aromatic rings. The van der Waals surface area contributed by atoms with Gasteiger partial charge >= 0.3 is 0 Å². The molecular weight excluding hydrogens is 242 g/mol. The zero-order valence-electron chi connectivity index (χ0n) is 11.1. The van der Waals surface area contributed by atoms with Gasteiger partial charge in [-0.1, -0.05) is 13.0 Å². The zero-order chi connectivity index (χ0) is 13.0. The molecule has 4 heteroatoms. The Morgan fingerprint density at radius 3 is 2.67 bits per heavy atom. The van der Waals surface area contributed by atoms with E-state index in [1.807, 2.05) is 20.0 Å². The van der Waals surface area contributed by atoms with E-state index >= 15 is 0 Å². The van der Waals surface area contributed by atoms with Crippen molar-refractivity contribution in [2.24, 2.45) is 0 Å². The minimum absolute atomic E-state index is 0.300. The highest BCUT2D eigenvalue weighted by Gasteiger charge is 2.13. The number of nitrogens with one attached hydrogen (secondary N) is 1. The summed E-state index contributed by atoms with van der Waals surface area (Å²) in [5.74, 6) is 0. The van der Waals surface area contributed by atoms with Crippen molar-refractivity contribution < 1.29 is 0 Å². The average molecular weight is 261 g/mol. The summed E-state index contributed by atoms with van der Waals surface area (Å²) in [6.07, 6.45) is 2.89. The normalized spacial score (nSPS) is 12.6. The number of thiazole rings is 1. The molecule has 0 saturated heterocycles. The fraction of sp³-hybridized carbons (Fsp3) is 0.429. The molecule has 1 atom stereocenters. The Hall–Kier alpha value is -1.26. The van der Waals surface area contributed by atoms with Crippen LogP contribution in [0.25, 0.3) is 0 Å². The Kier molecular flexibility index (Phi) is 4.44. The predicted octanol–water partition coefficient (Wildman–Crippen LogP) is 3.05. The Balaban J connectivity index is 2.14. The highest BCUT2D eigenvalue weighted by Crippen LogP contribution is 2.20. The van der Waals surface area contributed by atoms with Crippen LogP contribution in [0.1, 0.15) is 34.9 Å². The van der Waals surface area contributed by atoms with Gasteiger partial charge in [0.1, 0.15) is 0 Å². The van der Waals surface area contributed by atoms with Gasteiger partial charge in [-0.15, -0.1) is 11.3 Å². The van der Waals surface area contributed by atoms with Crippen molar-refractivity contribution in [3.05, 3.63) is 45.7 Å². The summed E-state index contributed by atoms with van der Waals surface area (Å²) in [6, 6.07) is 4.51. The number of aromatic nitrogens is 2. The molecule has 2 rings (SSSR count). The van der Waals surface area contributed by atoms with Crippen LogP contribution in [0.15, 0.2) is 23.7 Å². The lowest BCUT2D eigenvalue weighted by molar-refractivity contribution is 0.546. The van der Waals surface area contributed by atoms with Crippen LogP contribution in [0.4, 0.5) is 0 Å². The van der Waals surface area contributed by atoms with Gasteiger partial charge < -0.3 is 5.32 Å². The monoisotopic (exact) mass is 261 g/mol. The number of pyridine rings is 1. The Labute approximate surface area is 112 Å². The first-order valence-electron chi connectivity index (χ1n) is 6.26. The molecule has 0 radical (unpaired) electrons. The summed E-state index contributed by atoms with van der Waals surface area (Å²) in [6.45, 7) is 7.12. The summed E-state index contributed by atoms with van der Waals surface area (Å²) in [5, 5.41) is 6.79. The minimum atomic E-state index is 0.300. The second kappa shape index (κ2) is 6.07. The Morgan fingerprint density at radius 1 is 1.28 bits per heavy atom. The number of nitrogens with zero attached hydrogens (tertiary/aromatic N) is 2. The summed E-state index contributed by atoms with van der Waals surface area (Å²) in [5.41, 5.74) is 3.39. The summed E-state index contributed by atoms with van der Waals surface area (Å²) >= 11 is 1.73. The number of likely N-dealkylation sites (N-methyl/N-ethyl adjacent to an activating group) is 1. The molecule has 0 spiro atoms. The second-order valence-electron chi connectivity index (χ2n) is 4.43. The SMILES string of the molecule is CCNC(Cc1nc(C)cs1)c1ccc(C)nc1. The molecule has 0 aliphatic carbocycles. The molecule has 18 heavy (non-hydrogen) atoms. The van der Waals surface area contributed by atoms with E-state index in [2.05, 4.69) is 39.7 Å². The third kappa shape index (κ3) is 3.37. The van der Waals surface area contributed by atoms with Crippen LogP contribution in [0.3, 0.4) is 0 Å². The van der Waals surface area contributed by atoms with Crippen LogP contribution in [0, 0.1) is 13.8 Å². The standard InChI is InChI=1S/C14H19N3S/c1-4-15-13(7-14-17-11(3)9-18-14)12-6-5-10(2)16-8-12/h5-6,8-9,13,15H,4,7H2,1-3H3. The lowest BCUT2D eigenvalue weighted by atomic mass is 10.1. The van der Waals surface area contributed by atoms with E-state index in [4.69, 9.17) is 0 Å². The van der Waals surface area contributed by atoms with Crippen molar-refractivity contribution in [1.29, 1.82) is 0 Å². The highest BCUT2D eigenvalue weighted by atomic mass is 32.1. The Morgan fingerprint density at radius 2 is 2.11 bits per heavy atom. The second-order valence-corrected chi connectivity index (χ2v) is 5.37. The van der Waals surface area contributed by atoms with Crippen LogP contribution in [-0.4, -0.2) is 16.5 Å². The van der Waals surface area contributed by atoms with Crippen LogP contribution >= 0.6 is 11.3 Å². The van der Waals surface area contributed by atoms with Crippen molar-refractivity contribution in [2.75, 3.05) is 6.54 Å². The van der Waals surface area contributed by atoms with Crippen molar-refractivity contribution in [1.82, 2.24) is 15.3 Å². The lowest BCUT2D eigenvalue weighted by Crippen LogP contribution is -2.23. The third-order valence-corrected chi connectivity index (χ3v) is 3.82. The van der Waals surface area contributed by atoms with Gasteiger partial charge in [0.25, 0.3) is 0 Å². The van der Waals surface area contributed by atoms with Gasteiger partial charge in [-0.05, 0) is 32.0 Å². The maximum Gasteiger partial charge on any atom is 0.0947 e. The van der Waals surface area contributed by atoms with E-state index in [0.717, 1.165) is 24.4 Å². The van der Waals surface area contributed by atoms with Crippen molar-refractivity contribution in [3.8, 4) is 0 Å². The maximum atomic E-state index is 4.53. The first-order chi connectivity index (χ1) is 8.69. The quantitative estimate of drug-likeness (QED) is 0.899.